The molecule has 16 heavy (non-hydrogen) atoms. The fraction of sp³-hybridized carbons (Fsp3) is 0.462. The second-order valence-electron chi connectivity index (χ2n) is 3.65. The monoisotopic (exact) mass is 297 g/mol. The summed E-state index contributed by atoms with van der Waals surface area (Å²) in [6.45, 7) is 19.4. The van der Waals surface area contributed by atoms with Gasteiger partial charge >= 0.3 is 0 Å². The van der Waals surface area contributed by atoms with E-state index in [1.165, 1.54) is 0 Å². The minimum Gasteiger partial charge on any atom is -0.116 e. The predicted molar refractivity (Wildman–Crippen MR) is 83.2 cm³/mol. The smallest absolute Gasteiger partial charge is 0.00506 e. The van der Waals surface area contributed by atoms with E-state index in [2.05, 4.69) is 53.1 Å². The minimum atomic E-state index is 0. The van der Waals surface area contributed by atoms with E-state index in [0.29, 0.717) is 15.8 Å². The van der Waals surface area contributed by atoms with Gasteiger partial charge in [0.05, 0.1) is 0 Å². The van der Waals surface area contributed by atoms with E-state index in [-0.39, 0.29) is 17.4 Å². The quantitative estimate of drug-likeness (QED) is 0.444. The van der Waals surface area contributed by atoms with Crippen LogP contribution in [0.4, 0.5) is 0 Å². The van der Waals surface area contributed by atoms with Gasteiger partial charge in [0.15, 0.2) is 0 Å². The summed E-state index contributed by atoms with van der Waals surface area (Å²) >= 11 is 0. The van der Waals surface area contributed by atoms with Crippen molar-refractivity contribution < 1.29 is 17.4 Å². The third-order valence-electron chi connectivity index (χ3n) is 0.556. The van der Waals surface area contributed by atoms with E-state index in [9.17, 15) is 0 Å². The van der Waals surface area contributed by atoms with Gasteiger partial charge in [-0.15, -0.1) is 29.0 Å². The van der Waals surface area contributed by atoms with Crippen molar-refractivity contribution in [3.63, 3.8) is 0 Å². The SMILES string of the molecule is C=C.CP(C)C.CP(C)C.[CH]1C=CC=C1.[Cr]. The average molecular weight is 297 g/mol. The molecule has 0 nitrogen and oxygen atoms in total. The zero-order chi connectivity index (χ0) is 12.7. The van der Waals surface area contributed by atoms with Crippen molar-refractivity contribution in [1.29, 1.82) is 0 Å². The van der Waals surface area contributed by atoms with Crippen molar-refractivity contribution in [2.24, 2.45) is 0 Å². The van der Waals surface area contributed by atoms with Gasteiger partial charge in [0.25, 0.3) is 0 Å². The van der Waals surface area contributed by atoms with Crippen molar-refractivity contribution in [1.82, 2.24) is 0 Å². The molecule has 1 aliphatic carbocycles. The summed E-state index contributed by atoms with van der Waals surface area (Å²) in [7, 11) is 0.759. The Morgan fingerprint density at radius 2 is 0.812 bits per heavy atom. The van der Waals surface area contributed by atoms with Gasteiger partial charge in [-0.3, -0.25) is 0 Å². The largest absolute Gasteiger partial charge is 0.116 e. The van der Waals surface area contributed by atoms with Crippen molar-refractivity contribution in [2.45, 2.75) is 0 Å². The van der Waals surface area contributed by atoms with Crippen LogP contribution in [0.5, 0.6) is 0 Å². The average Bonchev–Trinajstić information content (AvgIpc) is 2.61. The van der Waals surface area contributed by atoms with Crippen LogP contribution in [0.1, 0.15) is 0 Å². The Morgan fingerprint density at radius 3 is 0.875 bits per heavy atom. The molecule has 0 aromatic rings. The third kappa shape index (κ3) is 86.0. The fourth-order valence-electron chi connectivity index (χ4n) is 0.321. The first-order valence-electron chi connectivity index (χ1n) is 4.85. The van der Waals surface area contributed by atoms with E-state index in [1.54, 1.807) is 0 Å². The van der Waals surface area contributed by atoms with Gasteiger partial charge in [-0.25, -0.2) is 0 Å². The molecule has 0 spiro atoms. The number of hydrogen-bond donors (Lipinski definition) is 0. The summed E-state index contributed by atoms with van der Waals surface area (Å²) in [4.78, 5) is 0. The molecule has 0 aliphatic heterocycles. The molecule has 1 rings (SSSR count). The molecule has 3 heteroatoms. The van der Waals surface area contributed by atoms with E-state index < -0.39 is 0 Å². The Labute approximate surface area is 117 Å². The van der Waals surface area contributed by atoms with Gasteiger partial charge < -0.3 is 0 Å². The van der Waals surface area contributed by atoms with Gasteiger partial charge in [-0.1, -0.05) is 24.3 Å². The predicted octanol–water partition coefficient (Wildman–Crippen LogP) is 4.83. The zero-order valence-electron chi connectivity index (χ0n) is 11.6. The first-order valence-corrected chi connectivity index (χ1v) is 10.2. The molecular formula is C13H27CrP2. The summed E-state index contributed by atoms with van der Waals surface area (Å²) in [5.41, 5.74) is 0. The Bertz CT molecular complexity index is 131. The summed E-state index contributed by atoms with van der Waals surface area (Å²) in [6, 6.07) is 0. The molecule has 0 fully saturated rings. The molecule has 0 N–H and O–H groups in total. The van der Waals surface area contributed by atoms with Crippen LogP contribution >= 0.6 is 15.8 Å². The maximum atomic E-state index is 3.00. The van der Waals surface area contributed by atoms with Crippen LogP contribution in [0.15, 0.2) is 37.5 Å². The third-order valence-corrected chi connectivity index (χ3v) is 0.556. The molecule has 1 aliphatic rings. The number of allylic oxidation sites excluding steroid dienone is 4. The van der Waals surface area contributed by atoms with E-state index in [0.717, 1.165) is 0 Å². The summed E-state index contributed by atoms with van der Waals surface area (Å²) in [6.07, 6.45) is 10.0. The minimum absolute atomic E-state index is 0. The maximum Gasteiger partial charge on any atom is 0.00506 e. The van der Waals surface area contributed by atoms with Crippen LogP contribution in [0.25, 0.3) is 0 Å². The Kier molecular flexibility index (Phi) is 39.3. The maximum absolute atomic E-state index is 3.00. The van der Waals surface area contributed by atoms with Crippen LogP contribution in [-0.2, 0) is 17.4 Å². The Balaban J connectivity index is -0.0000000616. The second-order valence-corrected chi connectivity index (χ2v) is 9.01. The molecule has 0 saturated heterocycles. The first kappa shape index (κ1) is 25.5. The molecular weight excluding hydrogens is 270 g/mol. The molecule has 0 aromatic carbocycles. The summed E-state index contributed by atoms with van der Waals surface area (Å²) < 4.78 is 0. The molecule has 0 heterocycles. The molecule has 0 aromatic heterocycles. The van der Waals surface area contributed by atoms with Crippen LogP contribution < -0.4 is 0 Å². The Hall–Kier alpha value is 0.612. The van der Waals surface area contributed by atoms with Gasteiger partial charge in [-0.2, -0.15) is 0 Å². The standard InChI is InChI=1S/C5H5.2C3H9P.C2H4.Cr/c1-2-4-5-3-1;2*1-4(2)3;1-2;/h1-5H;2*1-3H3;1-2H2;. The first-order chi connectivity index (χ1) is 6.96. The molecule has 0 unspecified atom stereocenters. The zero-order valence-corrected chi connectivity index (χ0v) is 14.7. The van der Waals surface area contributed by atoms with Crippen LogP contribution in [-0.4, -0.2) is 40.0 Å². The normalized spacial score (nSPS) is 10.2. The van der Waals surface area contributed by atoms with Crippen molar-refractivity contribution in [2.75, 3.05) is 40.0 Å². The van der Waals surface area contributed by atoms with Crippen LogP contribution in [0.3, 0.4) is 0 Å². The molecule has 0 bridgehead atoms. The van der Waals surface area contributed by atoms with E-state index in [4.69, 9.17) is 0 Å². The number of hydrogen-bond acceptors (Lipinski definition) is 0. The summed E-state index contributed by atoms with van der Waals surface area (Å²) in [5, 5.41) is 0. The molecule has 0 amide bonds. The van der Waals surface area contributed by atoms with Gasteiger partial charge in [-0.05, 0) is 40.0 Å². The summed E-state index contributed by atoms with van der Waals surface area (Å²) in [5.74, 6) is 0. The van der Waals surface area contributed by atoms with Crippen molar-refractivity contribution in [3.05, 3.63) is 43.9 Å². The molecule has 0 saturated carbocycles. The van der Waals surface area contributed by atoms with E-state index in [1.807, 2.05) is 30.7 Å². The second kappa shape index (κ2) is 24.7. The fourth-order valence-corrected chi connectivity index (χ4v) is 0.321. The van der Waals surface area contributed by atoms with Gasteiger partial charge in [0, 0.05) is 23.8 Å². The van der Waals surface area contributed by atoms with Crippen molar-refractivity contribution >= 4 is 15.8 Å². The van der Waals surface area contributed by atoms with Gasteiger partial charge in [0.2, 0.25) is 0 Å². The Morgan fingerprint density at radius 1 is 0.625 bits per heavy atom. The topological polar surface area (TPSA) is 0 Å². The van der Waals surface area contributed by atoms with Crippen LogP contribution in [0.2, 0.25) is 0 Å². The van der Waals surface area contributed by atoms with E-state index >= 15 is 0 Å². The van der Waals surface area contributed by atoms with Crippen molar-refractivity contribution in [3.8, 4) is 0 Å². The molecule has 1 radical (unpaired) electrons. The number of rotatable bonds is 0. The van der Waals surface area contributed by atoms with Crippen LogP contribution in [0, 0.1) is 6.42 Å². The molecule has 0 atom stereocenters. The van der Waals surface area contributed by atoms with Gasteiger partial charge in [0.1, 0.15) is 0 Å². The molecule has 95 valence electrons.